The standard InChI is InChI=1S/C9H23N3O/c1-4-12(5-2)8-6-7-10-9-11-13-3/h10-11H,4-9H2,1-3H3. The van der Waals surface area contributed by atoms with Crippen molar-refractivity contribution in [1.82, 2.24) is 15.7 Å². The topological polar surface area (TPSA) is 36.5 Å². The average Bonchev–Trinajstić information content (AvgIpc) is 2.17. The fourth-order valence-corrected chi connectivity index (χ4v) is 1.18. The molecule has 0 rings (SSSR count). The molecule has 0 saturated carbocycles. The molecule has 0 aliphatic rings. The summed E-state index contributed by atoms with van der Waals surface area (Å²) in [5.74, 6) is 0. The first-order valence-corrected chi connectivity index (χ1v) is 5.04. The minimum Gasteiger partial charge on any atom is -0.304 e. The minimum atomic E-state index is 0.717. The number of nitrogens with one attached hydrogen (secondary N) is 2. The van der Waals surface area contributed by atoms with Gasteiger partial charge in [0.1, 0.15) is 0 Å². The molecule has 0 bridgehead atoms. The van der Waals surface area contributed by atoms with E-state index in [4.69, 9.17) is 0 Å². The highest BCUT2D eigenvalue weighted by Crippen LogP contribution is 1.88. The largest absolute Gasteiger partial charge is 0.304 e. The van der Waals surface area contributed by atoms with Gasteiger partial charge in [0.2, 0.25) is 0 Å². The Labute approximate surface area is 81.6 Å². The third-order valence-corrected chi connectivity index (χ3v) is 2.06. The summed E-state index contributed by atoms with van der Waals surface area (Å²) >= 11 is 0. The Morgan fingerprint density at radius 3 is 2.46 bits per heavy atom. The van der Waals surface area contributed by atoms with Crippen LogP contribution in [0.15, 0.2) is 0 Å². The second-order valence-corrected chi connectivity index (χ2v) is 2.91. The number of nitrogens with zero attached hydrogens (tertiary/aromatic N) is 1. The molecule has 0 aliphatic heterocycles. The first-order valence-electron chi connectivity index (χ1n) is 5.04. The quantitative estimate of drug-likeness (QED) is 0.313. The zero-order chi connectivity index (χ0) is 9.94. The molecule has 0 spiro atoms. The predicted octanol–water partition coefficient (Wildman–Crippen LogP) is 0.416. The second-order valence-electron chi connectivity index (χ2n) is 2.91. The summed E-state index contributed by atoms with van der Waals surface area (Å²) in [6.45, 7) is 9.61. The molecule has 4 heteroatoms. The van der Waals surface area contributed by atoms with Gasteiger partial charge in [0.25, 0.3) is 0 Å². The minimum absolute atomic E-state index is 0.717. The van der Waals surface area contributed by atoms with Gasteiger partial charge in [-0.3, -0.25) is 0 Å². The molecule has 13 heavy (non-hydrogen) atoms. The van der Waals surface area contributed by atoms with Gasteiger partial charge in [-0.1, -0.05) is 13.8 Å². The summed E-state index contributed by atoms with van der Waals surface area (Å²) in [5.41, 5.74) is 2.74. The fraction of sp³-hybridized carbons (Fsp3) is 1.00. The predicted molar refractivity (Wildman–Crippen MR) is 55.4 cm³/mol. The second kappa shape index (κ2) is 9.92. The molecule has 2 N–H and O–H groups in total. The van der Waals surface area contributed by atoms with Crippen molar-refractivity contribution in [2.24, 2.45) is 0 Å². The first kappa shape index (κ1) is 12.8. The average molecular weight is 189 g/mol. The lowest BCUT2D eigenvalue weighted by molar-refractivity contribution is 0.0856. The number of hydrogen-bond donors (Lipinski definition) is 2. The van der Waals surface area contributed by atoms with Crippen molar-refractivity contribution in [2.75, 3.05) is 40.0 Å². The Hall–Kier alpha value is -0.160. The molecule has 0 saturated heterocycles. The zero-order valence-electron chi connectivity index (χ0n) is 9.10. The molecule has 0 aromatic carbocycles. The van der Waals surface area contributed by atoms with Gasteiger partial charge in [0.05, 0.1) is 13.8 Å². The van der Waals surface area contributed by atoms with Crippen LogP contribution in [0.1, 0.15) is 20.3 Å². The maximum absolute atomic E-state index is 4.69. The third-order valence-electron chi connectivity index (χ3n) is 2.06. The van der Waals surface area contributed by atoms with Crippen LogP contribution in [0.2, 0.25) is 0 Å². The van der Waals surface area contributed by atoms with Crippen LogP contribution in [-0.4, -0.2) is 44.9 Å². The van der Waals surface area contributed by atoms with Gasteiger partial charge in [0, 0.05) is 0 Å². The molecule has 0 atom stereocenters. The van der Waals surface area contributed by atoms with Crippen LogP contribution in [0, 0.1) is 0 Å². The van der Waals surface area contributed by atoms with Crippen LogP contribution in [-0.2, 0) is 4.84 Å². The molecule has 0 aromatic heterocycles. The molecule has 0 unspecified atom stereocenters. The maximum Gasteiger partial charge on any atom is 0.0700 e. The number of rotatable bonds is 9. The van der Waals surface area contributed by atoms with E-state index < -0.39 is 0 Å². The molecule has 0 aromatic rings. The van der Waals surface area contributed by atoms with Crippen molar-refractivity contribution in [1.29, 1.82) is 0 Å². The lowest BCUT2D eigenvalue weighted by Crippen LogP contribution is -2.31. The molecule has 0 amide bonds. The number of hydroxylamine groups is 1. The Bertz CT molecular complexity index is 96.9. The van der Waals surface area contributed by atoms with E-state index in [0.29, 0.717) is 0 Å². The Morgan fingerprint density at radius 2 is 1.92 bits per heavy atom. The van der Waals surface area contributed by atoms with Crippen molar-refractivity contribution in [3.8, 4) is 0 Å². The van der Waals surface area contributed by atoms with Crippen LogP contribution in [0.5, 0.6) is 0 Å². The van der Waals surface area contributed by atoms with Gasteiger partial charge in [-0.2, -0.15) is 5.48 Å². The van der Waals surface area contributed by atoms with E-state index in [1.54, 1.807) is 7.11 Å². The van der Waals surface area contributed by atoms with Crippen molar-refractivity contribution in [3.63, 3.8) is 0 Å². The Kier molecular flexibility index (Phi) is 9.80. The van der Waals surface area contributed by atoms with E-state index in [0.717, 1.165) is 26.3 Å². The van der Waals surface area contributed by atoms with Crippen molar-refractivity contribution in [3.05, 3.63) is 0 Å². The molecule has 0 aliphatic carbocycles. The lowest BCUT2D eigenvalue weighted by atomic mass is 10.3. The van der Waals surface area contributed by atoms with Gasteiger partial charge in [0.15, 0.2) is 0 Å². The summed E-state index contributed by atoms with van der Waals surface area (Å²) in [6, 6.07) is 0. The molecule has 80 valence electrons. The van der Waals surface area contributed by atoms with Crippen LogP contribution in [0.4, 0.5) is 0 Å². The highest BCUT2D eigenvalue weighted by molar-refractivity contribution is 4.53. The van der Waals surface area contributed by atoms with E-state index in [-0.39, 0.29) is 0 Å². The summed E-state index contributed by atoms with van der Waals surface area (Å²) in [7, 11) is 1.62. The highest BCUT2D eigenvalue weighted by atomic mass is 16.6. The van der Waals surface area contributed by atoms with E-state index in [1.807, 2.05) is 0 Å². The highest BCUT2D eigenvalue weighted by Gasteiger charge is 1.96. The molecule has 0 heterocycles. The molecular formula is C9H23N3O. The van der Waals surface area contributed by atoms with Gasteiger partial charge >= 0.3 is 0 Å². The first-order chi connectivity index (χ1) is 6.35. The fourth-order valence-electron chi connectivity index (χ4n) is 1.18. The van der Waals surface area contributed by atoms with Crippen LogP contribution >= 0.6 is 0 Å². The van der Waals surface area contributed by atoms with E-state index in [9.17, 15) is 0 Å². The summed E-state index contributed by atoms with van der Waals surface area (Å²) in [4.78, 5) is 7.11. The van der Waals surface area contributed by atoms with Crippen molar-refractivity contribution >= 4 is 0 Å². The van der Waals surface area contributed by atoms with Gasteiger partial charge in [-0.05, 0) is 32.6 Å². The smallest absolute Gasteiger partial charge is 0.0700 e. The van der Waals surface area contributed by atoms with Crippen molar-refractivity contribution < 1.29 is 4.84 Å². The molecule has 0 radical (unpaired) electrons. The maximum atomic E-state index is 4.69. The van der Waals surface area contributed by atoms with Crippen LogP contribution in [0.3, 0.4) is 0 Å². The van der Waals surface area contributed by atoms with Crippen LogP contribution in [0.25, 0.3) is 0 Å². The zero-order valence-corrected chi connectivity index (χ0v) is 9.10. The molecule has 0 fully saturated rings. The Morgan fingerprint density at radius 1 is 1.23 bits per heavy atom. The Balaban J connectivity index is 3.05. The number of hydrogen-bond acceptors (Lipinski definition) is 4. The van der Waals surface area contributed by atoms with Crippen molar-refractivity contribution in [2.45, 2.75) is 20.3 Å². The van der Waals surface area contributed by atoms with Crippen LogP contribution < -0.4 is 10.8 Å². The summed E-state index contributed by atoms with van der Waals surface area (Å²) in [6.07, 6.45) is 1.19. The van der Waals surface area contributed by atoms with Gasteiger partial charge < -0.3 is 15.1 Å². The van der Waals surface area contributed by atoms with Gasteiger partial charge in [-0.15, -0.1) is 0 Å². The van der Waals surface area contributed by atoms with E-state index in [2.05, 4.69) is 34.4 Å². The normalized spacial score (nSPS) is 11.1. The summed E-state index contributed by atoms with van der Waals surface area (Å²) < 4.78 is 0. The monoisotopic (exact) mass is 189 g/mol. The molecular weight excluding hydrogens is 166 g/mol. The lowest BCUT2D eigenvalue weighted by Gasteiger charge is -2.17. The summed E-state index contributed by atoms with van der Waals surface area (Å²) in [5, 5.41) is 3.23. The molecule has 4 nitrogen and oxygen atoms in total. The SMILES string of the molecule is CCN(CC)CCCNCNOC. The van der Waals surface area contributed by atoms with Gasteiger partial charge in [-0.25, -0.2) is 0 Å². The third kappa shape index (κ3) is 8.18. The van der Waals surface area contributed by atoms with E-state index in [1.165, 1.54) is 13.0 Å². The van der Waals surface area contributed by atoms with E-state index >= 15 is 0 Å².